The Labute approximate surface area is 100 Å². The molecule has 1 heterocycles. The SMILES string of the molecule is COCCCC(Nc1ncc(C)cn1)C(=O)O. The lowest BCUT2D eigenvalue weighted by Crippen LogP contribution is -2.30. The van der Waals surface area contributed by atoms with Gasteiger partial charge in [0.05, 0.1) is 0 Å². The van der Waals surface area contributed by atoms with Crippen molar-refractivity contribution in [2.45, 2.75) is 25.8 Å². The van der Waals surface area contributed by atoms with Gasteiger partial charge in [0, 0.05) is 26.1 Å². The van der Waals surface area contributed by atoms with Crippen LogP contribution in [-0.4, -0.2) is 40.8 Å². The molecule has 0 aliphatic carbocycles. The summed E-state index contributed by atoms with van der Waals surface area (Å²) in [6.07, 6.45) is 4.43. The Balaban J connectivity index is 2.54. The van der Waals surface area contributed by atoms with Crippen LogP contribution in [0, 0.1) is 6.92 Å². The number of hydrogen-bond donors (Lipinski definition) is 2. The molecule has 0 aliphatic heterocycles. The molecule has 0 saturated carbocycles. The van der Waals surface area contributed by atoms with Crippen LogP contribution in [0.25, 0.3) is 0 Å². The Morgan fingerprint density at radius 3 is 2.71 bits per heavy atom. The molecule has 0 radical (unpaired) electrons. The Bertz CT molecular complexity index is 353. The van der Waals surface area contributed by atoms with Gasteiger partial charge in [0.2, 0.25) is 5.95 Å². The minimum atomic E-state index is -0.912. The number of carbonyl (C=O) groups is 1. The van der Waals surface area contributed by atoms with Gasteiger partial charge in [-0.25, -0.2) is 14.8 Å². The minimum Gasteiger partial charge on any atom is -0.480 e. The maximum Gasteiger partial charge on any atom is 0.326 e. The highest BCUT2D eigenvalue weighted by atomic mass is 16.5. The van der Waals surface area contributed by atoms with Crippen molar-refractivity contribution in [3.8, 4) is 0 Å². The summed E-state index contributed by atoms with van der Waals surface area (Å²) in [5, 5.41) is 11.8. The molecule has 0 aromatic carbocycles. The summed E-state index contributed by atoms with van der Waals surface area (Å²) in [6.45, 7) is 2.41. The van der Waals surface area contributed by atoms with Gasteiger partial charge < -0.3 is 15.2 Å². The largest absolute Gasteiger partial charge is 0.480 e. The predicted molar refractivity (Wildman–Crippen MR) is 62.9 cm³/mol. The van der Waals surface area contributed by atoms with Gasteiger partial charge in [-0.15, -0.1) is 0 Å². The Kier molecular flexibility index (Phi) is 5.35. The second-order valence-electron chi connectivity index (χ2n) is 3.75. The second-order valence-corrected chi connectivity index (χ2v) is 3.75. The molecular formula is C11H17N3O3. The minimum absolute atomic E-state index is 0.334. The maximum atomic E-state index is 11.0. The van der Waals surface area contributed by atoms with E-state index in [0.29, 0.717) is 25.4 Å². The van der Waals surface area contributed by atoms with E-state index in [9.17, 15) is 4.79 Å². The standard InChI is InChI=1S/C11H17N3O3/c1-8-6-12-11(13-7-8)14-9(10(15)16)4-3-5-17-2/h6-7,9H,3-5H2,1-2H3,(H,15,16)(H,12,13,14). The zero-order valence-corrected chi connectivity index (χ0v) is 10.0. The number of anilines is 1. The van der Waals surface area contributed by atoms with E-state index in [2.05, 4.69) is 15.3 Å². The first-order valence-corrected chi connectivity index (χ1v) is 5.40. The number of carboxylic acid groups (broad SMARTS) is 1. The van der Waals surface area contributed by atoms with Crippen molar-refractivity contribution in [3.63, 3.8) is 0 Å². The van der Waals surface area contributed by atoms with Crippen molar-refractivity contribution >= 4 is 11.9 Å². The predicted octanol–water partition coefficient (Wildman–Crippen LogP) is 1.08. The van der Waals surface area contributed by atoms with E-state index in [-0.39, 0.29) is 0 Å². The number of nitrogens with one attached hydrogen (secondary N) is 1. The summed E-state index contributed by atoms with van der Waals surface area (Å²) in [6, 6.07) is -0.687. The van der Waals surface area contributed by atoms with Crippen molar-refractivity contribution in [1.82, 2.24) is 9.97 Å². The Hall–Kier alpha value is -1.69. The quantitative estimate of drug-likeness (QED) is 0.692. The molecule has 17 heavy (non-hydrogen) atoms. The highest BCUT2D eigenvalue weighted by molar-refractivity contribution is 5.76. The van der Waals surface area contributed by atoms with E-state index < -0.39 is 12.0 Å². The molecule has 2 N–H and O–H groups in total. The third-order valence-corrected chi connectivity index (χ3v) is 2.22. The van der Waals surface area contributed by atoms with Crippen molar-refractivity contribution in [3.05, 3.63) is 18.0 Å². The summed E-state index contributed by atoms with van der Waals surface area (Å²) in [4.78, 5) is 19.0. The second kappa shape index (κ2) is 6.80. The van der Waals surface area contributed by atoms with Crippen LogP contribution in [0.4, 0.5) is 5.95 Å². The fourth-order valence-corrected chi connectivity index (χ4v) is 1.31. The zero-order valence-electron chi connectivity index (χ0n) is 10.0. The fraction of sp³-hybridized carbons (Fsp3) is 0.545. The average molecular weight is 239 g/mol. The van der Waals surface area contributed by atoms with Crippen LogP contribution in [0.3, 0.4) is 0 Å². The highest BCUT2D eigenvalue weighted by Crippen LogP contribution is 2.06. The summed E-state index contributed by atoms with van der Waals surface area (Å²) in [7, 11) is 1.59. The molecule has 94 valence electrons. The molecular weight excluding hydrogens is 222 g/mol. The van der Waals surface area contributed by atoms with Crippen LogP contribution < -0.4 is 5.32 Å². The zero-order chi connectivity index (χ0) is 12.7. The first kappa shape index (κ1) is 13.4. The van der Waals surface area contributed by atoms with E-state index in [1.165, 1.54) is 0 Å². The van der Waals surface area contributed by atoms with Gasteiger partial charge in [0.1, 0.15) is 6.04 Å². The molecule has 0 spiro atoms. The van der Waals surface area contributed by atoms with Crippen LogP contribution in [0.1, 0.15) is 18.4 Å². The lowest BCUT2D eigenvalue weighted by atomic mass is 10.1. The highest BCUT2D eigenvalue weighted by Gasteiger charge is 2.17. The molecule has 0 aliphatic rings. The normalized spacial score (nSPS) is 12.1. The van der Waals surface area contributed by atoms with Crippen molar-refractivity contribution < 1.29 is 14.6 Å². The number of ether oxygens (including phenoxy) is 1. The van der Waals surface area contributed by atoms with Gasteiger partial charge in [0.15, 0.2) is 0 Å². The van der Waals surface area contributed by atoms with E-state index in [0.717, 1.165) is 5.56 Å². The molecule has 6 heteroatoms. The molecule has 0 fully saturated rings. The molecule has 6 nitrogen and oxygen atoms in total. The molecule has 0 saturated heterocycles. The van der Waals surface area contributed by atoms with Crippen molar-refractivity contribution in [2.24, 2.45) is 0 Å². The third kappa shape index (κ3) is 4.78. The van der Waals surface area contributed by atoms with Crippen LogP contribution in [0.5, 0.6) is 0 Å². The number of methoxy groups -OCH3 is 1. The van der Waals surface area contributed by atoms with Crippen molar-refractivity contribution in [2.75, 3.05) is 19.0 Å². The first-order valence-electron chi connectivity index (χ1n) is 5.40. The third-order valence-electron chi connectivity index (χ3n) is 2.22. The van der Waals surface area contributed by atoms with E-state index in [1.54, 1.807) is 19.5 Å². The molecule has 1 unspecified atom stereocenters. The summed E-state index contributed by atoms with van der Waals surface area (Å²) in [5.41, 5.74) is 0.932. The lowest BCUT2D eigenvalue weighted by Gasteiger charge is -2.13. The number of nitrogens with zero attached hydrogens (tertiary/aromatic N) is 2. The monoisotopic (exact) mass is 239 g/mol. The van der Waals surface area contributed by atoms with E-state index in [1.807, 2.05) is 6.92 Å². The van der Waals surface area contributed by atoms with E-state index >= 15 is 0 Å². The first-order chi connectivity index (χ1) is 8.13. The van der Waals surface area contributed by atoms with Gasteiger partial charge in [-0.2, -0.15) is 0 Å². The number of aliphatic carboxylic acids is 1. The maximum absolute atomic E-state index is 11.0. The van der Waals surface area contributed by atoms with Crippen LogP contribution in [0.15, 0.2) is 12.4 Å². The number of carboxylic acids is 1. The lowest BCUT2D eigenvalue weighted by molar-refractivity contribution is -0.138. The smallest absolute Gasteiger partial charge is 0.326 e. The van der Waals surface area contributed by atoms with Crippen LogP contribution in [0.2, 0.25) is 0 Å². The number of hydrogen-bond acceptors (Lipinski definition) is 5. The molecule has 1 aromatic heterocycles. The van der Waals surface area contributed by atoms with Crippen LogP contribution >= 0.6 is 0 Å². The van der Waals surface area contributed by atoms with Crippen LogP contribution in [-0.2, 0) is 9.53 Å². The molecule has 0 amide bonds. The molecule has 1 aromatic rings. The van der Waals surface area contributed by atoms with Gasteiger partial charge in [-0.3, -0.25) is 0 Å². The number of rotatable bonds is 7. The topological polar surface area (TPSA) is 84.3 Å². The molecule has 1 rings (SSSR count). The van der Waals surface area contributed by atoms with Gasteiger partial charge in [-0.1, -0.05) is 0 Å². The summed E-state index contributed by atoms with van der Waals surface area (Å²) < 4.78 is 4.89. The van der Waals surface area contributed by atoms with Gasteiger partial charge in [-0.05, 0) is 25.3 Å². The summed E-state index contributed by atoms with van der Waals surface area (Å²) in [5.74, 6) is -0.578. The molecule has 0 bridgehead atoms. The Morgan fingerprint density at radius 1 is 1.53 bits per heavy atom. The Morgan fingerprint density at radius 2 is 2.18 bits per heavy atom. The average Bonchev–Trinajstić information content (AvgIpc) is 2.30. The van der Waals surface area contributed by atoms with E-state index in [4.69, 9.17) is 9.84 Å². The van der Waals surface area contributed by atoms with Gasteiger partial charge >= 0.3 is 5.97 Å². The number of aryl methyl sites for hydroxylation is 1. The summed E-state index contributed by atoms with van der Waals surface area (Å²) >= 11 is 0. The fourth-order valence-electron chi connectivity index (χ4n) is 1.31. The number of aromatic nitrogens is 2. The molecule has 1 atom stereocenters. The van der Waals surface area contributed by atoms with Gasteiger partial charge in [0.25, 0.3) is 0 Å². The van der Waals surface area contributed by atoms with Crippen molar-refractivity contribution in [1.29, 1.82) is 0 Å².